The van der Waals surface area contributed by atoms with Crippen LogP contribution in [0.2, 0.25) is 0 Å². The van der Waals surface area contributed by atoms with Crippen molar-refractivity contribution in [3.05, 3.63) is 59.7 Å². The number of ether oxygens (including phenoxy) is 1. The van der Waals surface area contributed by atoms with Crippen molar-refractivity contribution >= 4 is 17.5 Å². The van der Waals surface area contributed by atoms with Gasteiger partial charge in [0.2, 0.25) is 0 Å². The van der Waals surface area contributed by atoms with E-state index in [2.05, 4.69) is 10.6 Å². The first kappa shape index (κ1) is 17.9. The predicted octanol–water partition coefficient (Wildman–Crippen LogP) is 1.67. The van der Waals surface area contributed by atoms with E-state index in [4.69, 9.17) is 4.74 Å². The topological polar surface area (TPSA) is 87.7 Å². The van der Waals surface area contributed by atoms with Gasteiger partial charge in [0.1, 0.15) is 5.75 Å². The average Bonchev–Trinajstić information content (AvgIpc) is 2.66. The Labute approximate surface area is 152 Å². The van der Waals surface area contributed by atoms with Crippen LogP contribution in [0, 0.1) is 0 Å². The van der Waals surface area contributed by atoms with Crippen molar-refractivity contribution in [1.82, 2.24) is 5.32 Å². The molecule has 0 heterocycles. The number of aryl methyl sites for hydroxylation is 1. The zero-order chi connectivity index (χ0) is 18.6. The third-order valence-electron chi connectivity index (χ3n) is 4.64. The maximum absolute atomic E-state index is 12.1. The molecule has 2 aromatic rings. The van der Waals surface area contributed by atoms with Gasteiger partial charge in [-0.15, -0.1) is 0 Å². The molecule has 0 bridgehead atoms. The highest BCUT2D eigenvalue weighted by atomic mass is 16.5. The van der Waals surface area contributed by atoms with Crippen molar-refractivity contribution in [2.45, 2.75) is 24.9 Å². The highest BCUT2D eigenvalue weighted by Gasteiger charge is 2.33. The summed E-state index contributed by atoms with van der Waals surface area (Å²) in [6.45, 7) is 0.0273. The summed E-state index contributed by atoms with van der Waals surface area (Å²) >= 11 is 0. The number of aliphatic hydroxyl groups is 1. The first-order valence-electron chi connectivity index (χ1n) is 8.52. The number of anilines is 1. The first-order chi connectivity index (χ1) is 12.5. The van der Waals surface area contributed by atoms with Gasteiger partial charge in [-0.25, -0.2) is 0 Å². The van der Waals surface area contributed by atoms with Gasteiger partial charge in [0.25, 0.3) is 0 Å². The van der Waals surface area contributed by atoms with Crippen LogP contribution in [-0.2, 0) is 22.4 Å². The molecule has 0 aliphatic heterocycles. The fourth-order valence-corrected chi connectivity index (χ4v) is 3.19. The largest absolute Gasteiger partial charge is 0.495 e. The van der Waals surface area contributed by atoms with Gasteiger partial charge in [-0.05, 0) is 36.1 Å². The van der Waals surface area contributed by atoms with Gasteiger partial charge in [-0.1, -0.05) is 36.4 Å². The molecule has 26 heavy (non-hydrogen) atoms. The molecule has 6 nitrogen and oxygen atoms in total. The fourth-order valence-electron chi connectivity index (χ4n) is 3.19. The van der Waals surface area contributed by atoms with Gasteiger partial charge in [0.05, 0.1) is 18.4 Å². The van der Waals surface area contributed by atoms with Crippen LogP contribution < -0.4 is 15.4 Å². The predicted molar refractivity (Wildman–Crippen MR) is 98.1 cm³/mol. The molecule has 2 aromatic carbocycles. The number of nitrogens with one attached hydrogen (secondary N) is 2. The third kappa shape index (κ3) is 4.03. The second-order valence-corrected chi connectivity index (χ2v) is 6.51. The second-order valence-electron chi connectivity index (χ2n) is 6.51. The number of methoxy groups -OCH3 is 1. The Kier molecular flexibility index (Phi) is 5.23. The van der Waals surface area contributed by atoms with Crippen LogP contribution in [0.4, 0.5) is 5.69 Å². The minimum Gasteiger partial charge on any atom is -0.495 e. The third-order valence-corrected chi connectivity index (χ3v) is 4.64. The van der Waals surface area contributed by atoms with E-state index >= 15 is 0 Å². The minimum atomic E-state index is -1.05. The van der Waals surface area contributed by atoms with E-state index in [-0.39, 0.29) is 6.54 Å². The lowest BCUT2D eigenvalue weighted by atomic mass is 9.80. The molecule has 0 spiro atoms. The lowest BCUT2D eigenvalue weighted by molar-refractivity contribution is -0.136. The van der Waals surface area contributed by atoms with Gasteiger partial charge >= 0.3 is 11.8 Å². The van der Waals surface area contributed by atoms with E-state index in [9.17, 15) is 14.7 Å². The Bertz CT molecular complexity index is 821. The second kappa shape index (κ2) is 7.58. The zero-order valence-electron chi connectivity index (χ0n) is 14.6. The van der Waals surface area contributed by atoms with E-state index in [1.165, 1.54) is 12.7 Å². The van der Waals surface area contributed by atoms with E-state index in [0.29, 0.717) is 24.3 Å². The fraction of sp³-hybridized carbons (Fsp3) is 0.300. The molecule has 0 aromatic heterocycles. The van der Waals surface area contributed by atoms with Crippen LogP contribution in [-0.4, -0.2) is 36.2 Å². The standard InChI is InChI=1S/C20H22N2O4/c1-26-17-9-5-4-8-16(17)22-19(24)18(23)21-13-20(25)11-10-14-6-2-3-7-15(14)12-20/h2-9,25H,10-13H2,1H3,(H,21,23)(H,22,24). The van der Waals surface area contributed by atoms with E-state index in [1.807, 2.05) is 24.3 Å². The molecule has 0 saturated heterocycles. The Morgan fingerprint density at radius 2 is 1.77 bits per heavy atom. The molecule has 1 atom stereocenters. The van der Waals surface area contributed by atoms with Crippen LogP contribution >= 0.6 is 0 Å². The summed E-state index contributed by atoms with van der Waals surface area (Å²) < 4.78 is 5.14. The summed E-state index contributed by atoms with van der Waals surface area (Å²) in [6.07, 6.45) is 1.74. The maximum atomic E-state index is 12.1. The first-order valence-corrected chi connectivity index (χ1v) is 8.52. The Hall–Kier alpha value is -2.86. The van der Waals surface area contributed by atoms with Gasteiger partial charge in [0.15, 0.2) is 0 Å². The molecule has 1 unspecified atom stereocenters. The van der Waals surface area contributed by atoms with Crippen LogP contribution in [0.5, 0.6) is 5.75 Å². The minimum absolute atomic E-state index is 0.0273. The lowest BCUT2D eigenvalue weighted by Crippen LogP contribution is -2.49. The van der Waals surface area contributed by atoms with Gasteiger partial charge in [-0.3, -0.25) is 9.59 Å². The Balaban J connectivity index is 1.57. The number of hydrogen-bond donors (Lipinski definition) is 3. The van der Waals surface area contributed by atoms with Gasteiger partial charge in [-0.2, -0.15) is 0 Å². The van der Waals surface area contributed by atoms with Crippen molar-refractivity contribution < 1.29 is 19.4 Å². The maximum Gasteiger partial charge on any atom is 0.313 e. The molecule has 0 radical (unpaired) electrons. The number of carbonyl (C=O) groups excluding carboxylic acids is 2. The number of benzene rings is 2. The molecule has 2 amide bonds. The summed E-state index contributed by atoms with van der Waals surface area (Å²) in [7, 11) is 1.49. The molecule has 136 valence electrons. The molecular weight excluding hydrogens is 332 g/mol. The molecular formula is C20H22N2O4. The average molecular weight is 354 g/mol. The number of carbonyl (C=O) groups is 2. The number of fused-ring (bicyclic) bond motifs is 1. The molecule has 3 rings (SSSR count). The van der Waals surface area contributed by atoms with Crippen LogP contribution in [0.3, 0.4) is 0 Å². The van der Waals surface area contributed by atoms with Crippen LogP contribution in [0.15, 0.2) is 48.5 Å². The highest BCUT2D eigenvalue weighted by Crippen LogP contribution is 2.28. The molecule has 1 aliphatic carbocycles. The Morgan fingerprint density at radius 3 is 2.54 bits per heavy atom. The molecule has 0 fully saturated rings. The molecule has 0 saturated carbocycles. The normalized spacial score (nSPS) is 18.5. The van der Waals surface area contributed by atoms with Crippen molar-refractivity contribution in [2.24, 2.45) is 0 Å². The van der Waals surface area contributed by atoms with Gasteiger partial charge < -0.3 is 20.5 Å². The monoisotopic (exact) mass is 354 g/mol. The number of rotatable bonds is 4. The SMILES string of the molecule is COc1ccccc1NC(=O)C(=O)NCC1(O)CCc2ccccc2C1. The van der Waals surface area contributed by atoms with Crippen molar-refractivity contribution in [1.29, 1.82) is 0 Å². The quantitative estimate of drug-likeness (QED) is 0.729. The van der Waals surface area contributed by atoms with Crippen molar-refractivity contribution in [2.75, 3.05) is 19.0 Å². The smallest absolute Gasteiger partial charge is 0.313 e. The highest BCUT2D eigenvalue weighted by molar-refractivity contribution is 6.39. The summed E-state index contributed by atoms with van der Waals surface area (Å²) in [5.41, 5.74) is 1.67. The number of hydrogen-bond acceptors (Lipinski definition) is 4. The molecule has 1 aliphatic rings. The van der Waals surface area contributed by atoms with E-state index in [0.717, 1.165) is 12.0 Å². The summed E-state index contributed by atoms with van der Waals surface area (Å²) in [4.78, 5) is 24.2. The van der Waals surface area contributed by atoms with E-state index < -0.39 is 17.4 Å². The number of amides is 2. The van der Waals surface area contributed by atoms with Crippen molar-refractivity contribution in [3.8, 4) is 5.75 Å². The van der Waals surface area contributed by atoms with Crippen molar-refractivity contribution in [3.63, 3.8) is 0 Å². The summed E-state index contributed by atoms with van der Waals surface area (Å²) in [6, 6.07) is 14.8. The van der Waals surface area contributed by atoms with Crippen LogP contribution in [0.1, 0.15) is 17.5 Å². The van der Waals surface area contributed by atoms with E-state index in [1.54, 1.807) is 24.3 Å². The Morgan fingerprint density at radius 1 is 1.08 bits per heavy atom. The summed E-state index contributed by atoms with van der Waals surface area (Å²) in [5, 5.41) is 15.8. The van der Waals surface area contributed by atoms with Gasteiger partial charge in [0, 0.05) is 13.0 Å². The summed E-state index contributed by atoms with van der Waals surface area (Å²) in [5.74, 6) is -1.12. The lowest BCUT2D eigenvalue weighted by Gasteiger charge is -2.33. The molecule has 6 heteroatoms. The number of para-hydroxylation sites is 2. The molecule has 3 N–H and O–H groups in total. The van der Waals surface area contributed by atoms with Crippen LogP contribution in [0.25, 0.3) is 0 Å². The zero-order valence-corrected chi connectivity index (χ0v) is 14.6.